The van der Waals surface area contributed by atoms with E-state index in [1.54, 1.807) is 0 Å². The van der Waals surface area contributed by atoms with E-state index in [9.17, 15) is 0 Å². The SMILES string of the molecule is CCCCCCCCCCCCCCCCCCCCCCCCC/C=C/C(=Nc1cc(CCCC)cc(CCCC)c1)C(CCCC)=Nc1cc(CCCC)cc(CCCC)c1. The van der Waals surface area contributed by atoms with Crippen LogP contribution in [0.15, 0.2) is 58.5 Å². The summed E-state index contributed by atoms with van der Waals surface area (Å²) >= 11 is 0. The maximum Gasteiger partial charge on any atom is 0.0848 e. The Bertz CT molecular complexity index is 1390. The molecule has 0 aromatic heterocycles. The van der Waals surface area contributed by atoms with E-state index in [1.807, 2.05) is 0 Å². The van der Waals surface area contributed by atoms with Crippen LogP contribution in [-0.4, -0.2) is 11.4 Å². The van der Waals surface area contributed by atoms with Crippen molar-refractivity contribution in [2.45, 2.75) is 292 Å². The van der Waals surface area contributed by atoms with Gasteiger partial charge in [-0.25, -0.2) is 4.99 Å². The average molecular weight is 866 g/mol. The number of rotatable bonds is 43. The molecule has 0 atom stereocenters. The molecule has 0 N–H and O–H groups in total. The second kappa shape index (κ2) is 41.0. The van der Waals surface area contributed by atoms with E-state index in [1.165, 1.54) is 221 Å². The normalized spacial score (nSPS) is 12.3. The Morgan fingerprint density at radius 1 is 0.333 bits per heavy atom. The number of unbranched alkanes of at least 4 members (excludes halogenated alkanes) is 28. The molecule has 0 bridgehead atoms. The molecule has 0 fully saturated rings. The van der Waals surface area contributed by atoms with Crippen LogP contribution >= 0.6 is 0 Å². The fourth-order valence-corrected chi connectivity index (χ4v) is 9.04. The Morgan fingerprint density at radius 3 is 0.968 bits per heavy atom. The Balaban J connectivity index is 1.95. The summed E-state index contributed by atoms with van der Waals surface area (Å²) in [5.41, 5.74) is 10.2. The second-order valence-electron chi connectivity index (χ2n) is 19.6. The van der Waals surface area contributed by atoms with E-state index in [0.29, 0.717) is 0 Å². The number of aliphatic imine (C=N–C) groups is 2. The summed E-state index contributed by atoms with van der Waals surface area (Å²) in [7, 11) is 0. The van der Waals surface area contributed by atoms with Gasteiger partial charge in [0.05, 0.1) is 22.8 Å². The van der Waals surface area contributed by atoms with Crippen LogP contribution < -0.4 is 0 Å². The van der Waals surface area contributed by atoms with Crippen molar-refractivity contribution < 1.29 is 0 Å². The summed E-state index contributed by atoms with van der Waals surface area (Å²) in [5, 5.41) is 0. The van der Waals surface area contributed by atoms with E-state index < -0.39 is 0 Å². The van der Waals surface area contributed by atoms with Gasteiger partial charge in [0.25, 0.3) is 0 Å². The number of allylic oxidation sites excluding steroid dienone is 2. The monoisotopic (exact) mass is 865 g/mol. The molecule has 2 aromatic rings. The van der Waals surface area contributed by atoms with Crippen LogP contribution in [0.4, 0.5) is 11.4 Å². The van der Waals surface area contributed by atoms with Crippen LogP contribution in [0, 0.1) is 0 Å². The lowest BCUT2D eigenvalue weighted by Crippen LogP contribution is -2.12. The van der Waals surface area contributed by atoms with E-state index in [2.05, 4.69) is 90.1 Å². The maximum atomic E-state index is 5.52. The lowest BCUT2D eigenvalue weighted by molar-refractivity contribution is 0.518. The van der Waals surface area contributed by atoms with Gasteiger partial charge in [0, 0.05) is 0 Å². The van der Waals surface area contributed by atoms with E-state index in [-0.39, 0.29) is 0 Å². The topological polar surface area (TPSA) is 24.7 Å². The van der Waals surface area contributed by atoms with Crippen molar-refractivity contribution >= 4 is 22.8 Å². The molecule has 0 saturated carbocycles. The van der Waals surface area contributed by atoms with E-state index >= 15 is 0 Å². The van der Waals surface area contributed by atoms with Gasteiger partial charge in [0.1, 0.15) is 0 Å². The van der Waals surface area contributed by atoms with Gasteiger partial charge in [0.15, 0.2) is 0 Å². The number of nitrogens with zero attached hydrogens (tertiary/aromatic N) is 2. The number of hydrogen-bond donors (Lipinski definition) is 0. The van der Waals surface area contributed by atoms with Gasteiger partial charge in [0.2, 0.25) is 0 Å². The summed E-state index contributed by atoms with van der Waals surface area (Å²) in [6, 6.07) is 14.4. The quantitative estimate of drug-likeness (QED) is 0.0469. The van der Waals surface area contributed by atoms with Gasteiger partial charge in [-0.05, 0) is 130 Å². The van der Waals surface area contributed by atoms with Gasteiger partial charge in [-0.3, -0.25) is 4.99 Å². The molecule has 2 rings (SSSR count). The van der Waals surface area contributed by atoms with Gasteiger partial charge in [-0.2, -0.15) is 0 Å². The zero-order chi connectivity index (χ0) is 45.3. The Hall–Kier alpha value is -2.48. The zero-order valence-electron chi connectivity index (χ0n) is 43.1. The predicted molar refractivity (Wildman–Crippen MR) is 287 cm³/mol. The van der Waals surface area contributed by atoms with Gasteiger partial charge in [-0.15, -0.1) is 0 Å². The van der Waals surface area contributed by atoms with Crippen molar-refractivity contribution in [3.05, 3.63) is 70.8 Å². The zero-order valence-corrected chi connectivity index (χ0v) is 43.1. The third kappa shape index (κ3) is 30.4. The average Bonchev–Trinajstić information content (AvgIpc) is 3.29. The number of aryl methyl sites for hydroxylation is 4. The summed E-state index contributed by atoms with van der Waals surface area (Å²) < 4.78 is 0. The lowest BCUT2D eigenvalue weighted by Gasteiger charge is -2.12. The van der Waals surface area contributed by atoms with Crippen molar-refractivity contribution in [2.24, 2.45) is 9.98 Å². The van der Waals surface area contributed by atoms with Crippen LogP contribution in [0.25, 0.3) is 0 Å². The lowest BCUT2D eigenvalue weighted by atomic mass is 10.00. The van der Waals surface area contributed by atoms with E-state index in [4.69, 9.17) is 9.98 Å². The Labute approximate surface area is 393 Å². The van der Waals surface area contributed by atoms with Crippen LogP contribution in [0.5, 0.6) is 0 Å². The molecule has 0 heterocycles. The fraction of sp³-hybridized carbons (Fsp3) is 0.738. The summed E-state index contributed by atoms with van der Waals surface area (Å²) in [6.07, 6.45) is 56.4. The van der Waals surface area contributed by atoms with Crippen molar-refractivity contribution in [1.29, 1.82) is 0 Å². The molecule has 0 radical (unpaired) electrons. The molecule has 0 aliphatic carbocycles. The first kappa shape index (κ1) is 56.6. The molecule has 0 spiro atoms. The first-order chi connectivity index (χ1) is 31.1. The van der Waals surface area contributed by atoms with Crippen molar-refractivity contribution in [1.82, 2.24) is 0 Å². The number of benzene rings is 2. The van der Waals surface area contributed by atoms with Crippen LogP contribution in [0.3, 0.4) is 0 Å². The molecule has 0 aliphatic heterocycles. The largest absolute Gasteiger partial charge is 0.251 e. The molecule has 0 saturated heterocycles. The second-order valence-corrected chi connectivity index (χ2v) is 19.6. The minimum atomic E-state index is 0.959. The molecular weight excluding hydrogens is 761 g/mol. The molecule has 358 valence electrons. The highest BCUT2D eigenvalue weighted by atomic mass is 14.8. The first-order valence-corrected chi connectivity index (χ1v) is 28.1. The van der Waals surface area contributed by atoms with Gasteiger partial charge < -0.3 is 0 Å². The maximum absolute atomic E-state index is 5.52. The third-order valence-corrected chi connectivity index (χ3v) is 13.2. The molecular formula is C61H104N2. The van der Waals surface area contributed by atoms with Crippen LogP contribution in [-0.2, 0) is 25.7 Å². The van der Waals surface area contributed by atoms with Crippen molar-refractivity contribution in [2.75, 3.05) is 0 Å². The summed E-state index contributed by atoms with van der Waals surface area (Å²) in [5.74, 6) is 0. The summed E-state index contributed by atoms with van der Waals surface area (Å²) in [4.78, 5) is 11.0. The van der Waals surface area contributed by atoms with Crippen LogP contribution in [0.2, 0.25) is 0 Å². The standard InChI is InChI=1S/C61H104N2/c1-7-13-19-20-21-22-23-24-25-26-27-28-29-30-31-32-33-34-35-36-37-38-39-40-41-47-61(63-59-52-56(44-16-10-4)49-57(53-59)45-17-11-5)60(46-18-12-6)62-58-50-54(42-14-8-2)48-55(51-58)43-15-9-3/h41,47-53H,7-40,42-46H2,1-6H3/b47-41+,62-60?,63-61?. The van der Waals surface area contributed by atoms with Crippen molar-refractivity contribution in [3.8, 4) is 0 Å². The first-order valence-electron chi connectivity index (χ1n) is 28.1. The number of hydrogen-bond acceptors (Lipinski definition) is 2. The molecule has 63 heavy (non-hydrogen) atoms. The summed E-state index contributed by atoms with van der Waals surface area (Å²) in [6.45, 7) is 13.8. The van der Waals surface area contributed by atoms with Crippen LogP contribution in [0.1, 0.15) is 289 Å². The van der Waals surface area contributed by atoms with Gasteiger partial charge in [-0.1, -0.05) is 233 Å². The van der Waals surface area contributed by atoms with E-state index in [0.717, 1.165) is 74.2 Å². The predicted octanol–water partition coefficient (Wildman–Crippen LogP) is 21.0. The molecule has 0 aliphatic rings. The van der Waals surface area contributed by atoms with Gasteiger partial charge >= 0.3 is 0 Å². The minimum Gasteiger partial charge on any atom is -0.251 e. The molecule has 2 heteroatoms. The highest BCUT2D eigenvalue weighted by Gasteiger charge is 2.11. The molecule has 0 amide bonds. The Kier molecular flexibility index (Phi) is 36.9. The molecule has 2 aromatic carbocycles. The smallest absolute Gasteiger partial charge is 0.0848 e. The molecule has 0 unspecified atom stereocenters. The highest BCUT2D eigenvalue weighted by Crippen LogP contribution is 2.26. The fourth-order valence-electron chi connectivity index (χ4n) is 9.04. The van der Waals surface area contributed by atoms with Crippen molar-refractivity contribution in [3.63, 3.8) is 0 Å². The molecule has 2 nitrogen and oxygen atoms in total. The minimum absolute atomic E-state index is 0.959. The highest BCUT2D eigenvalue weighted by molar-refractivity contribution is 6.47. The third-order valence-electron chi connectivity index (χ3n) is 13.2. The Morgan fingerprint density at radius 2 is 0.635 bits per heavy atom.